The average molecular weight is 497 g/mol. The van der Waals surface area contributed by atoms with Gasteiger partial charge >= 0.3 is 0 Å². The van der Waals surface area contributed by atoms with Crippen LogP contribution in [0, 0.1) is 10.1 Å². The summed E-state index contributed by atoms with van der Waals surface area (Å²) in [4.78, 5) is 24.9. The molecule has 0 radical (unpaired) electrons. The summed E-state index contributed by atoms with van der Waals surface area (Å²) in [6.45, 7) is 2.48. The van der Waals surface area contributed by atoms with Crippen LogP contribution >= 0.6 is 0 Å². The van der Waals surface area contributed by atoms with E-state index in [9.17, 15) is 23.3 Å². The molecular formula is C25H28N4O5S. The van der Waals surface area contributed by atoms with E-state index in [1.807, 2.05) is 30.3 Å². The van der Waals surface area contributed by atoms with E-state index in [0.717, 1.165) is 11.6 Å². The number of rotatable bonds is 11. The maximum Gasteiger partial charge on any atom is 0.293 e. The van der Waals surface area contributed by atoms with Gasteiger partial charge in [0.05, 0.1) is 15.5 Å². The zero-order chi connectivity index (χ0) is 25.4. The van der Waals surface area contributed by atoms with Gasteiger partial charge in [-0.1, -0.05) is 48.5 Å². The van der Waals surface area contributed by atoms with E-state index in [4.69, 9.17) is 0 Å². The molecule has 0 aliphatic rings. The second-order valence-electron chi connectivity index (χ2n) is 7.85. The number of para-hydroxylation sites is 1. The van der Waals surface area contributed by atoms with E-state index in [1.54, 1.807) is 49.2 Å². The highest BCUT2D eigenvalue weighted by Crippen LogP contribution is 2.30. The van der Waals surface area contributed by atoms with Crippen LogP contribution in [0.3, 0.4) is 0 Å². The molecule has 0 aliphatic heterocycles. The highest BCUT2D eigenvalue weighted by atomic mass is 32.2. The standard InChI is InChI=1S/C25H28N4O5S/c1-3-28(21-12-8-5-9-13-21)35(33,34)22-14-15-23(24(18-22)29(31)32)26-17-16-25(30)27(2)19-20-10-6-4-7-11-20/h4-15,18,26H,3,16-17,19H2,1-2H3. The molecule has 0 fully saturated rings. The summed E-state index contributed by atoms with van der Waals surface area (Å²) < 4.78 is 27.6. The highest BCUT2D eigenvalue weighted by molar-refractivity contribution is 7.92. The van der Waals surface area contributed by atoms with Gasteiger partial charge in [-0.2, -0.15) is 0 Å². The van der Waals surface area contributed by atoms with Gasteiger partial charge in [0.15, 0.2) is 0 Å². The van der Waals surface area contributed by atoms with Gasteiger partial charge in [0, 0.05) is 39.2 Å². The molecule has 9 nitrogen and oxygen atoms in total. The van der Waals surface area contributed by atoms with Crippen LogP contribution < -0.4 is 9.62 Å². The summed E-state index contributed by atoms with van der Waals surface area (Å²) in [5.74, 6) is -0.121. The van der Waals surface area contributed by atoms with E-state index in [-0.39, 0.29) is 41.7 Å². The van der Waals surface area contributed by atoms with Gasteiger partial charge in [-0.15, -0.1) is 0 Å². The Morgan fingerprint density at radius 3 is 2.23 bits per heavy atom. The van der Waals surface area contributed by atoms with Crippen LogP contribution in [0.2, 0.25) is 0 Å². The Labute approximate surface area is 205 Å². The Morgan fingerprint density at radius 2 is 1.63 bits per heavy atom. The molecule has 10 heteroatoms. The molecule has 0 atom stereocenters. The number of anilines is 2. The second kappa shape index (κ2) is 11.5. The molecule has 3 rings (SSSR count). The maximum absolute atomic E-state index is 13.2. The fourth-order valence-electron chi connectivity index (χ4n) is 3.63. The third kappa shape index (κ3) is 6.36. The largest absolute Gasteiger partial charge is 0.379 e. The molecule has 0 bridgehead atoms. The summed E-state index contributed by atoms with van der Waals surface area (Å²) in [7, 11) is -2.31. The summed E-state index contributed by atoms with van der Waals surface area (Å²) in [6.07, 6.45) is 0.123. The van der Waals surface area contributed by atoms with Crippen molar-refractivity contribution in [1.29, 1.82) is 0 Å². The summed E-state index contributed by atoms with van der Waals surface area (Å²) in [6, 6.07) is 21.9. The minimum absolute atomic E-state index is 0.121. The second-order valence-corrected chi connectivity index (χ2v) is 9.72. The van der Waals surface area contributed by atoms with Crippen LogP contribution in [0.4, 0.5) is 17.1 Å². The van der Waals surface area contributed by atoms with Gasteiger partial charge in [-0.3, -0.25) is 19.2 Å². The smallest absolute Gasteiger partial charge is 0.293 e. The molecule has 0 saturated carbocycles. The van der Waals surface area contributed by atoms with Crippen molar-refractivity contribution in [3.63, 3.8) is 0 Å². The van der Waals surface area contributed by atoms with Crippen LogP contribution in [-0.4, -0.2) is 44.3 Å². The fourth-order valence-corrected chi connectivity index (χ4v) is 5.12. The number of sulfonamides is 1. The first-order valence-electron chi connectivity index (χ1n) is 11.1. The number of nitrogens with zero attached hydrogens (tertiary/aromatic N) is 3. The summed E-state index contributed by atoms with van der Waals surface area (Å²) >= 11 is 0. The van der Waals surface area contributed by atoms with Crippen LogP contribution in [0.1, 0.15) is 18.9 Å². The van der Waals surface area contributed by atoms with Crippen molar-refractivity contribution < 1.29 is 18.1 Å². The first-order chi connectivity index (χ1) is 16.7. The molecule has 1 N–H and O–H groups in total. The van der Waals surface area contributed by atoms with Crippen molar-refractivity contribution in [2.45, 2.75) is 24.8 Å². The van der Waals surface area contributed by atoms with Crippen molar-refractivity contribution >= 4 is 33.0 Å². The molecule has 0 unspecified atom stereocenters. The molecule has 3 aromatic rings. The molecule has 0 saturated heterocycles. The lowest BCUT2D eigenvalue weighted by molar-refractivity contribution is -0.384. The van der Waals surface area contributed by atoms with Gasteiger partial charge in [0.25, 0.3) is 15.7 Å². The molecule has 0 spiro atoms. The number of carbonyl (C=O) groups is 1. The Kier molecular flexibility index (Phi) is 8.43. The summed E-state index contributed by atoms with van der Waals surface area (Å²) in [5.41, 5.74) is 1.24. The predicted octanol–water partition coefficient (Wildman–Crippen LogP) is 4.27. The van der Waals surface area contributed by atoms with Gasteiger partial charge < -0.3 is 10.2 Å². The first-order valence-corrected chi connectivity index (χ1v) is 12.6. The quantitative estimate of drug-likeness (QED) is 0.313. The fraction of sp³-hybridized carbons (Fsp3) is 0.240. The number of nitro groups is 1. The zero-order valence-electron chi connectivity index (χ0n) is 19.6. The van der Waals surface area contributed by atoms with Gasteiger partial charge in [0.2, 0.25) is 5.91 Å². The normalized spacial score (nSPS) is 11.0. The van der Waals surface area contributed by atoms with Crippen molar-refractivity contribution in [2.24, 2.45) is 0 Å². The number of nitrogens with one attached hydrogen (secondary N) is 1. The van der Waals surface area contributed by atoms with E-state index in [2.05, 4.69) is 5.32 Å². The van der Waals surface area contributed by atoms with E-state index in [0.29, 0.717) is 12.2 Å². The number of hydrogen-bond donors (Lipinski definition) is 1. The van der Waals surface area contributed by atoms with E-state index >= 15 is 0 Å². The minimum Gasteiger partial charge on any atom is -0.379 e. The van der Waals surface area contributed by atoms with Crippen molar-refractivity contribution in [3.8, 4) is 0 Å². The zero-order valence-corrected chi connectivity index (χ0v) is 20.4. The monoisotopic (exact) mass is 496 g/mol. The minimum atomic E-state index is -4.01. The van der Waals surface area contributed by atoms with Crippen molar-refractivity contribution in [1.82, 2.24) is 4.90 Å². The Bertz CT molecular complexity index is 1270. The van der Waals surface area contributed by atoms with Crippen molar-refractivity contribution in [2.75, 3.05) is 29.8 Å². The Balaban J connectivity index is 1.71. The molecule has 184 valence electrons. The number of carbonyl (C=O) groups excluding carboxylic acids is 1. The van der Waals surface area contributed by atoms with Crippen LogP contribution in [0.25, 0.3) is 0 Å². The molecular weight excluding hydrogens is 468 g/mol. The van der Waals surface area contributed by atoms with Gasteiger partial charge in [-0.05, 0) is 36.8 Å². The average Bonchev–Trinajstić information content (AvgIpc) is 2.85. The lowest BCUT2D eigenvalue weighted by atomic mass is 10.2. The van der Waals surface area contributed by atoms with Crippen LogP contribution in [0.15, 0.2) is 83.8 Å². The SMILES string of the molecule is CCN(c1ccccc1)S(=O)(=O)c1ccc(NCCC(=O)N(C)Cc2ccccc2)c([N+](=O)[O-])c1. The predicted molar refractivity (Wildman–Crippen MR) is 136 cm³/mol. The number of hydrogen-bond acceptors (Lipinski definition) is 6. The van der Waals surface area contributed by atoms with E-state index in [1.165, 1.54) is 16.4 Å². The third-order valence-corrected chi connectivity index (χ3v) is 7.33. The number of benzene rings is 3. The number of nitro benzene ring substituents is 1. The number of amides is 1. The molecule has 0 heterocycles. The first kappa shape index (κ1) is 25.7. The molecule has 3 aromatic carbocycles. The van der Waals surface area contributed by atoms with Crippen molar-refractivity contribution in [3.05, 3.63) is 94.5 Å². The lowest BCUT2D eigenvalue weighted by Crippen LogP contribution is -2.30. The van der Waals surface area contributed by atoms with Crippen LogP contribution in [0.5, 0.6) is 0 Å². The van der Waals surface area contributed by atoms with Gasteiger partial charge in [0.1, 0.15) is 5.69 Å². The maximum atomic E-state index is 13.2. The lowest BCUT2D eigenvalue weighted by Gasteiger charge is -2.23. The molecule has 0 aliphatic carbocycles. The van der Waals surface area contributed by atoms with E-state index < -0.39 is 14.9 Å². The summed E-state index contributed by atoms with van der Waals surface area (Å²) in [5, 5.41) is 14.6. The highest BCUT2D eigenvalue weighted by Gasteiger charge is 2.27. The molecule has 1 amide bonds. The van der Waals surface area contributed by atoms with Gasteiger partial charge in [-0.25, -0.2) is 8.42 Å². The molecule has 35 heavy (non-hydrogen) atoms. The van der Waals surface area contributed by atoms with Crippen LogP contribution in [-0.2, 0) is 21.4 Å². The Morgan fingerprint density at radius 1 is 1.00 bits per heavy atom. The third-order valence-electron chi connectivity index (χ3n) is 5.43. The molecule has 0 aromatic heterocycles. The Hall–Kier alpha value is -3.92. The topological polar surface area (TPSA) is 113 Å².